The number of carbonyl (C=O) groups is 1. The van der Waals surface area contributed by atoms with Crippen LogP contribution in [0.1, 0.15) is 38.7 Å². The Kier molecular flexibility index (Phi) is 5.06. The normalized spacial score (nSPS) is 15.6. The predicted molar refractivity (Wildman–Crippen MR) is 112 cm³/mol. The van der Waals surface area contributed by atoms with Crippen molar-refractivity contribution in [2.24, 2.45) is 4.99 Å². The van der Waals surface area contributed by atoms with Crippen LogP contribution in [0.2, 0.25) is 0 Å². The van der Waals surface area contributed by atoms with Crippen LogP contribution >= 0.6 is 0 Å². The van der Waals surface area contributed by atoms with E-state index in [9.17, 15) is 4.79 Å². The van der Waals surface area contributed by atoms with Crippen LogP contribution in [0.15, 0.2) is 63.6 Å². The number of nitrogens with zero attached hydrogens (tertiary/aromatic N) is 3. The van der Waals surface area contributed by atoms with E-state index in [1.54, 1.807) is 4.90 Å². The molecule has 3 aromatic rings. The molecule has 1 amide bonds. The number of para-hydroxylation sites is 2. The van der Waals surface area contributed by atoms with E-state index in [-0.39, 0.29) is 5.91 Å². The number of carbonyl (C=O) groups excluding carboxylic acids is 1. The molecule has 0 radical (unpaired) electrons. The van der Waals surface area contributed by atoms with Gasteiger partial charge in [-0.25, -0.2) is 9.98 Å². The first-order chi connectivity index (χ1) is 13.7. The zero-order chi connectivity index (χ0) is 19.5. The standard InChI is InChI=1S/C23H23N3O2/c1-3-4-7-14-26-16(2)24-20(23(26)27)15-17-10-12-18(13-11-17)22-25-19-8-5-6-9-21(19)28-22/h5-6,8-13,15H,3-4,7,14H2,1-2H3/b20-15-. The molecule has 0 N–H and O–H groups in total. The smallest absolute Gasteiger partial charge is 0.277 e. The van der Waals surface area contributed by atoms with E-state index >= 15 is 0 Å². The summed E-state index contributed by atoms with van der Waals surface area (Å²) in [5.74, 6) is 1.35. The Morgan fingerprint density at radius 3 is 2.61 bits per heavy atom. The maximum atomic E-state index is 12.6. The molecule has 1 aliphatic rings. The average molecular weight is 373 g/mol. The number of benzene rings is 2. The van der Waals surface area contributed by atoms with Gasteiger partial charge in [-0.2, -0.15) is 0 Å². The second-order valence-corrected chi connectivity index (χ2v) is 6.96. The molecule has 0 bridgehead atoms. The summed E-state index contributed by atoms with van der Waals surface area (Å²) in [4.78, 5) is 23.4. The van der Waals surface area contributed by atoms with Gasteiger partial charge in [0.15, 0.2) is 5.58 Å². The molecule has 0 atom stereocenters. The SMILES string of the molecule is CCCCCN1C(=O)/C(=C/c2ccc(-c3nc4ccccc4o3)cc2)N=C1C. The van der Waals surface area contributed by atoms with Crippen molar-refractivity contribution in [1.29, 1.82) is 0 Å². The van der Waals surface area contributed by atoms with Gasteiger partial charge < -0.3 is 4.42 Å². The van der Waals surface area contributed by atoms with Gasteiger partial charge in [-0.3, -0.25) is 9.69 Å². The third kappa shape index (κ3) is 3.60. The van der Waals surface area contributed by atoms with Crippen molar-refractivity contribution >= 4 is 28.9 Å². The van der Waals surface area contributed by atoms with Gasteiger partial charge in [0, 0.05) is 12.1 Å². The zero-order valence-corrected chi connectivity index (χ0v) is 16.2. The molecule has 4 rings (SSSR count). The summed E-state index contributed by atoms with van der Waals surface area (Å²) in [6, 6.07) is 15.5. The number of aliphatic imine (C=N–C) groups is 1. The molecule has 0 saturated heterocycles. The lowest BCUT2D eigenvalue weighted by Gasteiger charge is -2.15. The molecule has 5 heteroatoms. The second-order valence-electron chi connectivity index (χ2n) is 6.96. The first-order valence-corrected chi connectivity index (χ1v) is 9.70. The minimum atomic E-state index is -0.0170. The summed E-state index contributed by atoms with van der Waals surface area (Å²) in [6.07, 6.45) is 5.09. The van der Waals surface area contributed by atoms with Gasteiger partial charge in [-0.15, -0.1) is 0 Å². The Morgan fingerprint density at radius 2 is 1.86 bits per heavy atom. The van der Waals surface area contributed by atoms with E-state index in [4.69, 9.17) is 4.42 Å². The maximum Gasteiger partial charge on any atom is 0.277 e. The van der Waals surface area contributed by atoms with Crippen LogP contribution in [0.4, 0.5) is 0 Å². The molecule has 0 fully saturated rings. The fraction of sp³-hybridized carbons (Fsp3) is 0.261. The summed E-state index contributed by atoms with van der Waals surface area (Å²) < 4.78 is 5.81. The number of rotatable bonds is 6. The molecule has 0 aliphatic carbocycles. The highest BCUT2D eigenvalue weighted by Gasteiger charge is 2.26. The second kappa shape index (κ2) is 7.80. The van der Waals surface area contributed by atoms with E-state index < -0.39 is 0 Å². The topological polar surface area (TPSA) is 58.7 Å². The molecular formula is C23H23N3O2. The lowest BCUT2D eigenvalue weighted by Crippen LogP contribution is -2.31. The molecule has 1 aliphatic heterocycles. The van der Waals surface area contributed by atoms with E-state index in [1.807, 2.05) is 61.5 Å². The highest BCUT2D eigenvalue weighted by atomic mass is 16.3. The zero-order valence-electron chi connectivity index (χ0n) is 16.2. The Morgan fingerprint density at radius 1 is 1.07 bits per heavy atom. The number of oxazole rings is 1. The fourth-order valence-corrected chi connectivity index (χ4v) is 3.32. The summed E-state index contributed by atoms with van der Waals surface area (Å²) in [6.45, 7) is 4.78. The molecule has 0 saturated carbocycles. The summed E-state index contributed by atoms with van der Waals surface area (Å²) in [5, 5.41) is 0. The van der Waals surface area contributed by atoms with Crippen LogP contribution in [-0.2, 0) is 4.79 Å². The first kappa shape index (κ1) is 18.2. The van der Waals surface area contributed by atoms with Crippen LogP contribution in [-0.4, -0.2) is 28.2 Å². The predicted octanol–water partition coefficient (Wildman–Crippen LogP) is 5.29. The number of amidine groups is 1. The Bertz CT molecular complexity index is 1030. The Hall–Kier alpha value is -3.21. The average Bonchev–Trinajstić information content (AvgIpc) is 3.25. The van der Waals surface area contributed by atoms with E-state index in [0.717, 1.165) is 53.9 Å². The van der Waals surface area contributed by atoms with Crippen LogP contribution in [0, 0.1) is 0 Å². The molecule has 142 valence electrons. The van der Waals surface area contributed by atoms with Crippen molar-refractivity contribution in [3.63, 3.8) is 0 Å². The van der Waals surface area contributed by atoms with Gasteiger partial charge in [0.25, 0.3) is 5.91 Å². The van der Waals surface area contributed by atoms with Gasteiger partial charge >= 0.3 is 0 Å². The van der Waals surface area contributed by atoms with Gasteiger partial charge in [-0.1, -0.05) is 44.0 Å². The number of hydrogen-bond donors (Lipinski definition) is 0. The highest BCUT2D eigenvalue weighted by molar-refractivity contribution is 6.13. The number of aromatic nitrogens is 1. The van der Waals surface area contributed by atoms with E-state index in [0.29, 0.717) is 11.6 Å². The molecule has 0 spiro atoms. The maximum absolute atomic E-state index is 12.6. The minimum absolute atomic E-state index is 0.0170. The van der Waals surface area contributed by atoms with Crippen molar-refractivity contribution in [1.82, 2.24) is 9.88 Å². The third-order valence-corrected chi connectivity index (χ3v) is 4.88. The molecule has 1 aromatic heterocycles. The van der Waals surface area contributed by atoms with Crippen LogP contribution < -0.4 is 0 Å². The quantitative estimate of drug-likeness (QED) is 0.436. The highest BCUT2D eigenvalue weighted by Crippen LogP contribution is 2.25. The van der Waals surface area contributed by atoms with Crippen molar-refractivity contribution in [2.75, 3.05) is 6.54 Å². The molecule has 5 nitrogen and oxygen atoms in total. The van der Waals surface area contributed by atoms with Gasteiger partial charge in [0.05, 0.1) is 0 Å². The molecule has 0 unspecified atom stereocenters. The van der Waals surface area contributed by atoms with Crippen molar-refractivity contribution < 1.29 is 9.21 Å². The van der Waals surface area contributed by atoms with Crippen LogP contribution in [0.5, 0.6) is 0 Å². The van der Waals surface area contributed by atoms with Gasteiger partial charge in [-0.05, 0) is 49.2 Å². The van der Waals surface area contributed by atoms with E-state index in [2.05, 4.69) is 16.9 Å². The summed E-state index contributed by atoms with van der Waals surface area (Å²) in [5.41, 5.74) is 3.93. The minimum Gasteiger partial charge on any atom is -0.436 e. The Balaban J connectivity index is 1.52. The summed E-state index contributed by atoms with van der Waals surface area (Å²) >= 11 is 0. The number of amides is 1. The lowest BCUT2D eigenvalue weighted by molar-refractivity contribution is -0.122. The molecule has 2 heterocycles. The number of fused-ring (bicyclic) bond motifs is 1. The van der Waals surface area contributed by atoms with Crippen molar-refractivity contribution in [3.05, 3.63) is 59.8 Å². The monoisotopic (exact) mass is 373 g/mol. The number of hydrogen-bond acceptors (Lipinski definition) is 4. The molecular weight excluding hydrogens is 350 g/mol. The van der Waals surface area contributed by atoms with Crippen molar-refractivity contribution in [2.45, 2.75) is 33.1 Å². The van der Waals surface area contributed by atoms with Crippen LogP contribution in [0.25, 0.3) is 28.6 Å². The largest absolute Gasteiger partial charge is 0.436 e. The van der Waals surface area contributed by atoms with Gasteiger partial charge in [0.2, 0.25) is 5.89 Å². The van der Waals surface area contributed by atoms with Gasteiger partial charge in [0.1, 0.15) is 17.0 Å². The molecule has 2 aromatic carbocycles. The Labute approximate surface area is 164 Å². The molecule has 28 heavy (non-hydrogen) atoms. The third-order valence-electron chi connectivity index (χ3n) is 4.88. The van der Waals surface area contributed by atoms with Crippen LogP contribution in [0.3, 0.4) is 0 Å². The first-order valence-electron chi connectivity index (χ1n) is 9.70. The summed E-state index contributed by atoms with van der Waals surface area (Å²) in [7, 11) is 0. The fourth-order valence-electron chi connectivity index (χ4n) is 3.32. The van der Waals surface area contributed by atoms with E-state index in [1.165, 1.54) is 0 Å². The van der Waals surface area contributed by atoms with Crippen molar-refractivity contribution in [3.8, 4) is 11.5 Å². The number of unbranched alkanes of at least 4 members (excludes halogenated alkanes) is 2. The lowest BCUT2D eigenvalue weighted by atomic mass is 10.1.